The maximum absolute atomic E-state index is 4.37. The van der Waals surface area contributed by atoms with Gasteiger partial charge in [-0.15, -0.1) is 0 Å². The number of aromatic nitrogens is 1. The Balaban J connectivity index is 3.09. The van der Waals surface area contributed by atoms with Gasteiger partial charge >= 0.3 is 0 Å². The summed E-state index contributed by atoms with van der Waals surface area (Å²) in [6.45, 7) is 8.99. The van der Waals surface area contributed by atoms with Crippen molar-refractivity contribution in [1.29, 1.82) is 0 Å². The second-order valence-corrected chi connectivity index (χ2v) is 3.24. The van der Waals surface area contributed by atoms with Crippen LogP contribution in [0.1, 0.15) is 30.7 Å². The normalized spacial score (nSPS) is 11.8. The first-order valence-electron chi connectivity index (χ1n) is 4.59. The molecule has 1 rings (SSSR count). The summed E-state index contributed by atoms with van der Waals surface area (Å²) in [5.74, 6) is 0. The molecule has 0 aliphatic carbocycles. The van der Waals surface area contributed by atoms with Gasteiger partial charge in [0.25, 0.3) is 0 Å². The van der Waals surface area contributed by atoms with Crippen molar-refractivity contribution in [2.75, 3.05) is 6.54 Å². The molecule has 2 heteroatoms. The first kappa shape index (κ1) is 9.90. The summed E-state index contributed by atoms with van der Waals surface area (Å²) in [7, 11) is 0. The van der Waals surface area contributed by atoms with Crippen molar-refractivity contribution < 1.29 is 0 Å². The van der Waals surface area contributed by atoms with Crippen LogP contribution in [-0.4, -0.2) is 17.2 Å². The second-order valence-electron chi connectivity index (χ2n) is 3.24. The third-order valence-electron chi connectivity index (χ3n) is 1.95. The standard InChI is InChI=1S/C11H16N2/c1-5-12-10(4)11-9(3)6-8(2)7-13-11/h6-7H,5H2,1-4H3. The smallest absolute Gasteiger partial charge is 0.0866 e. The molecule has 0 unspecified atom stereocenters. The zero-order valence-electron chi connectivity index (χ0n) is 8.76. The first-order valence-corrected chi connectivity index (χ1v) is 4.59. The molecule has 0 bridgehead atoms. The number of hydrogen-bond donors (Lipinski definition) is 0. The maximum atomic E-state index is 4.37. The lowest BCUT2D eigenvalue weighted by Gasteiger charge is -2.04. The Bertz CT molecular complexity index is 327. The second kappa shape index (κ2) is 4.17. The van der Waals surface area contributed by atoms with E-state index >= 15 is 0 Å². The number of hydrogen-bond acceptors (Lipinski definition) is 2. The van der Waals surface area contributed by atoms with Gasteiger partial charge in [-0.25, -0.2) is 0 Å². The van der Waals surface area contributed by atoms with Crippen LogP contribution in [-0.2, 0) is 0 Å². The molecule has 0 amide bonds. The van der Waals surface area contributed by atoms with Gasteiger partial charge in [-0.3, -0.25) is 9.98 Å². The molecule has 70 valence electrons. The molecule has 0 fully saturated rings. The molecule has 0 aliphatic rings. The monoisotopic (exact) mass is 176 g/mol. The number of aliphatic imine (C=N–C) groups is 1. The fourth-order valence-electron chi connectivity index (χ4n) is 1.41. The van der Waals surface area contributed by atoms with Gasteiger partial charge in [-0.2, -0.15) is 0 Å². The summed E-state index contributed by atoms with van der Waals surface area (Å²) >= 11 is 0. The van der Waals surface area contributed by atoms with Crippen LogP contribution in [0.3, 0.4) is 0 Å². The molecule has 0 saturated heterocycles. The molecule has 0 aliphatic heterocycles. The third kappa shape index (κ3) is 2.38. The van der Waals surface area contributed by atoms with Crippen molar-refractivity contribution >= 4 is 5.71 Å². The van der Waals surface area contributed by atoms with E-state index in [0.29, 0.717) is 0 Å². The van der Waals surface area contributed by atoms with E-state index in [2.05, 4.69) is 29.9 Å². The van der Waals surface area contributed by atoms with Crippen LogP contribution in [0, 0.1) is 13.8 Å². The number of aryl methyl sites for hydroxylation is 2. The molecular weight excluding hydrogens is 160 g/mol. The summed E-state index contributed by atoms with van der Waals surface area (Å²) < 4.78 is 0. The molecule has 0 radical (unpaired) electrons. The van der Waals surface area contributed by atoms with E-state index in [1.807, 2.05) is 20.0 Å². The topological polar surface area (TPSA) is 25.2 Å². The van der Waals surface area contributed by atoms with Gasteiger partial charge in [-0.1, -0.05) is 6.07 Å². The number of rotatable bonds is 2. The van der Waals surface area contributed by atoms with Crippen LogP contribution in [0.2, 0.25) is 0 Å². The summed E-state index contributed by atoms with van der Waals surface area (Å²) in [6.07, 6.45) is 1.89. The minimum atomic E-state index is 0.820. The van der Waals surface area contributed by atoms with Crippen molar-refractivity contribution in [3.63, 3.8) is 0 Å². The van der Waals surface area contributed by atoms with Crippen molar-refractivity contribution in [1.82, 2.24) is 4.98 Å². The largest absolute Gasteiger partial charge is 0.288 e. The van der Waals surface area contributed by atoms with Crippen molar-refractivity contribution in [2.45, 2.75) is 27.7 Å². The van der Waals surface area contributed by atoms with Gasteiger partial charge in [0.1, 0.15) is 0 Å². The van der Waals surface area contributed by atoms with Crippen LogP contribution in [0.15, 0.2) is 17.3 Å². The van der Waals surface area contributed by atoms with E-state index in [-0.39, 0.29) is 0 Å². The highest BCUT2D eigenvalue weighted by Crippen LogP contribution is 2.07. The zero-order valence-corrected chi connectivity index (χ0v) is 8.76. The van der Waals surface area contributed by atoms with Crippen molar-refractivity contribution in [3.05, 3.63) is 29.1 Å². The average Bonchev–Trinajstić information content (AvgIpc) is 2.04. The molecular formula is C11H16N2. The Labute approximate surface area is 79.7 Å². The minimum Gasteiger partial charge on any atom is -0.288 e. The Morgan fingerprint density at radius 2 is 2.15 bits per heavy atom. The summed E-state index contributed by atoms with van der Waals surface area (Å²) in [5.41, 5.74) is 4.45. The Kier molecular flexibility index (Phi) is 3.18. The van der Waals surface area contributed by atoms with Crippen LogP contribution in [0.5, 0.6) is 0 Å². The lowest BCUT2D eigenvalue weighted by Crippen LogP contribution is -2.02. The van der Waals surface area contributed by atoms with Gasteiger partial charge in [0, 0.05) is 12.7 Å². The van der Waals surface area contributed by atoms with Gasteiger partial charge in [0.15, 0.2) is 0 Å². The molecule has 13 heavy (non-hydrogen) atoms. The fourth-order valence-corrected chi connectivity index (χ4v) is 1.41. The molecule has 0 aromatic carbocycles. The van der Waals surface area contributed by atoms with Crippen molar-refractivity contribution in [2.24, 2.45) is 4.99 Å². The first-order chi connectivity index (χ1) is 6.15. The van der Waals surface area contributed by atoms with E-state index in [1.54, 1.807) is 0 Å². The summed E-state index contributed by atoms with van der Waals surface area (Å²) in [4.78, 5) is 8.71. The van der Waals surface area contributed by atoms with Crippen LogP contribution < -0.4 is 0 Å². The van der Waals surface area contributed by atoms with Crippen LogP contribution in [0.4, 0.5) is 0 Å². The molecule has 1 aromatic rings. The molecule has 0 N–H and O–H groups in total. The highest BCUT2D eigenvalue weighted by atomic mass is 14.8. The molecule has 0 atom stereocenters. The molecule has 2 nitrogen and oxygen atoms in total. The van der Waals surface area contributed by atoms with E-state index in [1.165, 1.54) is 11.1 Å². The highest BCUT2D eigenvalue weighted by molar-refractivity contribution is 5.98. The Morgan fingerprint density at radius 1 is 1.46 bits per heavy atom. The fraction of sp³-hybridized carbons (Fsp3) is 0.455. The van der Waals surface area contributed by atoms with Crippen LogP contribution >= 0.6 is 0 Å². The number of nitrogens with zero attached hydrogens (tertiary/aromatic N) is 2. The SMILES string of the molecule is CCN=C(C)c1ncc(C)cc1C. The summed E-state index contributed by atoms with van der Waals surface area (Å²) in [6, 6.07) is 2.14. The Morgan fingerprint density at radius 3 is 2.69 bits per heavy atom. The number of pyridine rings is 1. The predicted octanol–water partition coefficient (Wildman–Crippen LogP) is 2.53. The predicted molar refractivity (Wildman–Crippen MR) is 56.5 cm³/mol. The van der Waals surface area contributed by atoms with Gasteiger partial charge in [0.05, 0.1) is 11.4 Å². The Hall–Kier alpha value is -1.18. The average molecular weight is 176 g/mol. The summed E-state index contributed by atoms with van der Waals surface area (Å²) in [5, 5.41) is 0. The molecule has 1 heterocycles. The zero-order chi connectivity index (χ0) is 9.84. The molecule has 0 saturated carbocycles. The van der Waals surface area contributed by atoms with Gasteiger partial charge in [-0.05, 0) is 38.8 Å². The maximum Gasteiger partial charge on any atom is 0.0866 e. The van der Waals surface area contributed by atoms with Gasteiger partial charge in [0.2, 0.25) is 0 Å². The molecule has 0 spiro atoms. The quantitative estimate of drug-likeness (QED) is 0.636. The van der Waals surface area contributed by atoms with Crippen LogP contribution in [0.25, 0.3) is 0 Å². The lowest BCUT2D eigenvalue weighted by atomic mass is 10.1. The molecule has 1 aromatic heterocycles. The highest BCUT2D eigenvalue weighted by Gasteiger charge is 2.02. The van der Waals surface area contributed by atoms with Crippen molar-refractivity contribution in [3.8, 4) is 0 Å². The van der Waals surface area contributed by atoms with E-state index < -0.39 is 0 Å². The van der Waals surface area contributed by atoms with E-state index in [4.69, 9.17) is 0 Å². The van der Waals surface area contributed by atoms with E-state index in [0.717, 1.165) is 18.0 Å². The third-order valence-corrected chi connectivity index (χ3v) is 1.95. The van der Waals surface area contributed by atoms with E-state index in [9.17, 15) is 0 Å². The van der Waals surface area contributed by atoms with Gasteiger partial charge < -0.3 is 0 Å². The lowest BCUT2D eigenvalue weighted by molar-refractivity contribution is 1.11. The minimum absolute atomic E-state index is 0.820.